The van der Waals surface area contributed by atoms with E-state index in [-0.39, 0.29) is 0 Å². The highest BCUT2D eigenvalue weighted by Gasteiger charge is 2.19. The zero-order valence-electron chi connectivity index (χ0n) is 12.5. The van der Waals surface area contributed by atoms with Crippen molar-refractivity contribution in [3.63, 3.8) is 0 Å². The molecule has 112 valence electrons. The van der Waals surface area contributed by atoms with E-state index in [0.29, 0.717) is 6.61 Å². The molecule has 1 aliphatic heterocycles. The van der Waals surface area contributed by atoms with E-state index in [1.165, 1.54) is 30.5 Å². The molecule has 1 heterocycles. The van der Waals surface area contributed by atoms with Crippen molar-refractivity contribution in [2.24, 2.45) is 0 Å². The van der Waals surface area contributed by atoms with Crippen LogP contribution < -0.4 is 5.32 Å². The van der Waals surface area contributed by atoms with Crippen molar-refractivity contribution in [2.45, 2.75) is 38.5 Å². The molecule has 4 heteroatoms. The Hall–Kier alpha value is -0.420. The summed E-state index contributed by atoms with van der Waals surface area (Å²) in [6.45, 7) is 3.67. The third kappa shape index (κ3) is 4.55. The van der Waals surface area contributed by atoms with Crippen molar-refractivity contribution in [1.29, 1.82) is 0 Å². The number of nitrogens with one attached hydrogen (secondary N) is 1. The van der Waals surface area contributed by atoms with Gasteiger partial charge < -0.3 is 15.0 Å². The number of rotatable bonds is 7. The summed E-state index contributed by atoms with van der Waals surface area (Å²) in [4.78, 5) is 2.45. The molecule has 0 radical (unpaired) electrons. The maximum Gasteiger partial charge on any atom is 0.0727 e. The van der Waals surface area contributed by atoms with E-state index >= 15 is 0 Å². The van der Waals surface area contributed by atoms with Crippen LogP contribution in [0.3, 0.4) is 0 Å². The van der Waals surface area contributed by atoms with Gasteiger partial charge in [0.25, 0.3) is 0 Å². The van der Waals surface area contributed by atoms with Gasteiger partial charge in [-0.05, 0) is 57.1 Å². The van der Waals surface area contributed by atoms with Crippen LogP contribution in [0.1, 0.15) is 30.4 Å². The van der Waals surface area contributed by atoms with Crippen LogP contribution in [-0.2, 0) is 17.9 Å². The Bertz CT molecular complexity index is 425. The number of benzene rings is 1. The molecule has 0 amide bonds. The summed E-state index contributed by atoms with van der Waals surface area (Å²) >= 11 is 3.63. The average Bonchev–Trinajstić information content (AvgIpc) is 2.83. The first-order chi connectivity index (χ1) is 9.70. The normalized spacial score (nSPS) is 19.6. The summed E-state index contributed by atoms with van der Waals surface area (Å²) in [7, 11) is 4.18. The van der Waals surface area contributed by atoms with Gasteiger partial charge in [0.15, 0.2) is 0 Å². The largest absolute Gasteiger partial charge is 0.377 e. The predicted octanol–water partition coefficient (Wildman–Crippen LogP) is 3.17. The number of hydrogen-bond acceptors (Lipinski definition) is 3. The van der Waals surface area contributed by atoms with Gasteiger partial charge in [0.05, 0.1) is 6.61 Å². The summed E-state index contributed by atoms with van der Waals surface area (Å²) in [6.07, 6.45) is 3.80. The van der Waals surface area contributed by atoms with Gasteiger partial charge in [-0.1, -0.05) is 28.1 Å². The van der Waals surface area contributed by atoms with Gasteiger partial charge in [-0.3, -0.25) is 0 Å². The lowest BCUT2D eigenvalue weighted by Crippen LogP contribution is -2.26. The first-order valence-corrected chi connectivity index (χ1v) is 8.20. The summed E-state index contributed by atoms with van der Waals surface area (Å²) < 4.78 is 6.98. The molecule has 1 unspecified atom stereocenters. The molecule has 0 aliphatic carbocycles. The minimum atomic E-state index is 0.691. The Balaban J connectivity index is 1.73. The maximum absolute atomic E-state index is 5.84. The van der Waals surface area contributed by atoms with E-state index < -0.39 is 0 Å². The van der Waals surface area contributed by atoms with Crippen molar-refractivity contribution >= 4 is 15.9 Å². The van der Waals surface area contributed by atoms with Crippen molar-refractivity contribution in [3.8, 4) is 0 Å². The van der Waals surface area contributed by atoms with Crippen molar-refractivity contribution in [3.05, 3.63) is 33.8 Å². The first kappa shape index (κ1) is 16.0. The molecule has 1 N–H and O–H groups in total. The minimum absolute atomic E-state index is 0.691. The van der Waals surface area contributed by atoms with Crippen LogP contribution in [0.2, 0.25) is 0 Å². The Morgan fingerprint density at radius 2 is 2.30 bits per heavy atom. The molecule has 1 aromatic carbocycles. The van der Waals surface area contributed by atoms with E-state index in [4.69, 9.17) is 4.74 Å². The molecular formula is C16H25BrN2O. The standard InChI is InChI=1S/C16H25BrN2O/c1-18-11-13-5-6-14(16(17)10-13)12-20-9-7-15-4-3-8-19(15)2/h5-6,10,15,18H,3-4,7-9,11-12H2,1-2H3. The van der Waals surface area contributed by atoms with Gasteiger partial charge in [-0.15, -0.1) is 0 Å². The fraction of sp³-hybridized carbons (Fsp3) is 0.625. The average molecular weight is 341 g/mol. The fourth-order valence-corrected chi connectivity index (χ4v) is 3.31. The quantitative estimate of drug-likeness (QED) is 0.771. The highest BCUT2D eigenvalue weighted by Crippen LogP contribution is 2.21. The smallest absolute Gasteiger partial charge is 0.0727 e. The number of halogens is 1. The topological polar surface area (TPSA) is 24.5 Å². The van der Waals surface area contributed by atoms with Crippen LogP contribution in [0.15, 0.2) is 22.7 Å². The lowest BCUT2D eigenvalue weighted by Gasteiger charge is -2.19. The van der Waals surface area contributed by atoms with Gasteiger partial charge in [0, 0.05) is 23.7 Å². The summed E-state index contributed by atoms with van der Waals surface area (Å²) in [5.74, 6) is 0. The van der Waals surface area contributed by atoms with E-state index in [1.54, 1.807) is 0 Å². The van der Waals surface area contributed by atoms with E-state index in [2.05, 4.69) is 51.4 Å². The zero-order chi connectivity index (χ0) is 14.4. The lowest BCUT2D eigenvalue weighted by molar-refractivity contribution is 0.101. The van der Waals surface area contributed by atoms with Gasteiger partial charge in [-0.25, -0.2) is 0 Å². The van der Waals surface area contributed by atoms with Crippen LogP contribution in [0.25, 0.3) is 0 Å². The van der Waals surface area contributed by atoms with E-state index in [0.717, 1.165) is 30.1 Å². The summed E-state index contributed by atoms with van der Waals surface area (Å²) in [6, 6.07) is 7.19. The Morgan fingerprint density at radius 3 is 2.95 bits per heavy atom. The van der Waals surface area contributed by atoms with Crippen molar-refractivity contribution < 1.29 is 4.74 Å². The number of likely N-dealkylation sites (tertiary alicyclic amines) is 1. The number of ether oxygens (including phenoxy) is 1. The fourth-order valence-electron chi connectivity index (χ4n) is 2.77. The molecule has 1 saturated heterocycles. The number of nitrogens with zero attached hydrogens (tertiary/aromatic N) is 1. The van der Waals surface area contributed by atoms with Gasteiger partial charge in [0.2, 0.25) is 0 Å². The Kier molecular flexibility index (Phi) is 6.49. The molecular weight excluding hydrogens is 316 g/mol. The monoisotopic (exact) mass is 340 g/mol. The highest BCUT2D eigenvalue weighted by molar-refractivity contribution is 9.10. The van der Waals surface area contributed by atoms with Crippen LogP contribution in [0.5, 0.6) is 0 Å². The molecule has 2 rings (SSSR count). The second kappa shape index (κ2) is 8.13. The van der Waals surface area contributed by atoms with Gasteiger partial charge in [-0.2, -0.15) is 0 Å². The lowest BCUT2D eigenvalue weighted by atomic mass is 10.1. The number of hydrogen-bond donors (Lipinski definition) is 1. The summed E-state index contributed by atoms with van der Waals surface area (Å²) in [5.41, 5.74) is 2.51. The first-order valence-electron chi connectivity index (χ1n) is 7.40. The molecule has 3 nitrogen and oxygen atoms in total. The van der Waals surface area contributed by atoms with E-state index in [1.807, 2.05) is 7.05 Å². The Morgan fingerprint density at radius 1 is 1.45 bits per heavy atom. The SMILES string of the molecule is CNCc1ccc(COCCC2CCCN2C)c(Br)c1. The highest BCUT2D eigenvalue weighted by atomic mass is 79.9. The second-order valence-electron chi connectivity index (χ2n) is 5.57. The van der Waals surface area contributed by atoms with Crippen LogP contribution in [-0.4, -0.2) is 38.2 Å². The Labute approximate surface area is 130 Å². The molecule has 20 heavy (non-hydrogen) atoms. The minimum Gasteiger partial charge on any atom is -0.377 e. The molecule has 0 saturated carbocycles. The van der Waals surface area contributed by atoms with E-state index in [9.17, 15) is 0 Å². The molecule has 1 aliphatic rings. The van der Waals surface area contributed by atoms with Gasteiger partial charge >= 0.3 is 0 Å². The molecule has 0 spiro atoms. The predicted molar refractivity (Wildman–Crippen MR) is 86.8 cm³/mol. The van der Waals surface area contributed by atoms with Crippen LogP contribution in [0.4, 0.5) is 0 Å². The van der Waals surface area contributed by atoms with Crippen LogP contribution >= 0.6 is 15.9 Å². The van der Waals surface area contributed by atoms with Crippen LogP contribution in [0, 0.1) is 0 Å². The molecule has 0 bridgehead atoms. The molecule has 1 aromatic rings. The second-order valence-corrected chi connectivity index (χ2v) is 6.43. The summed E-state index contributed by atoms with van der Waals surface area (Å²) in [5, 5.41) is 3.16. The molecule has 1 fully saturated rings. The van der Waals surface area contributed by atoms with Gasteiger partial charge in [0.1, 0.15) is 0 Å². The van der Waals surface area contributed by atoms with Crippen molar-refractivity contribution in [2.75, 3.05) is 27.2 Å². The zero-order valence-corrected chi connectivity index (χ0v) is 14.1. The third-order valence-corrected chi connectivity index (χ3v) is 4.76. The maximum atomic E-state index is 5.84. The molecule has 0 aromatic heterocycles. The third-order valence-electron chi connectivity index (χ3n) is 4.02. The molecule has 1 atom stereocenters. The van der Waals surface area contributed by atoms with Crippen molar-refractivity contribution in [1.82, 2.24) is 10.2 Å².